The molecule has 0 aliphatic rings. The van der Waals surface area contributed by atoms with E-state index in [1.54, 1.807) is 0 Å². The molecule has 5 rings (SSSR count). The number of hydrogen-bond donors (Lipinski definition) is 2. The Balaban J connectivity index is 1.67. The molecule has 35 heavy (non-hydrogen) atoms. The Morgan fingerprint density at radius 2 is 0.914 bits per heavy atom. The largest absolute Gasteiger partial charge is 0.388 e. The van der Waals surface area contributed by atoms with Crippen LogP contribution >= 0.6 is 0 Å². The van der Waals surface area contributed by atoms with Crippen molar-refractivity contribution >= 4 is 11.4 Å². The Morgan fingerprint density at radius 1 is 0.457 bits per heavy atom. The van der Waals surface area contributed by atoms with Gasteiger partial charge in [0.15, 0.2) is 0 Å². The van der Waals surface area contributed by atoms with Gasteiger partial charge in [-0.15, -0.1) is 0 Å². The van der Waals surface area contributed by atoms with Gasteiger partial charge in [-0.1, -0.05) is 72.3 Å². The molecule has 0 saturated heterocycles. The van der Waals surface area contributed by atoms with Crippen molar-refractivity contribution in [3.63, 3.8) is 0 Å². The van der Waals surface area contributed by atoms with Crippen molar-refractivity contribution in [1.29, 1.82) is 0 Å². The highest BCUT2D eigenvalue weighted by Crippen LogP contribution is 2.33. The molecule has 0 bridgehead atoms. The first-order valence-corrected chi connectivity index (χ1v) is 11.9. The minimum absolute atomic E-state index is 0.949. The van der Waals surface area contributed by atoms with E-state index in [-0.39, 0.29) is 0 Å². The van der Waals surface area contributed by atoms with Gasteiger partial charge in [-0.2, -0.15) is 0 Å². The zero-order chi connectivity index (χ0) is 24.2. The monoisotopic (exact) mass is 455 g/mol. The van der Waals surface area contributed by atoms with Crippen LogP contribution in [-0.2, 0) is 0 Å². The second-order valence-corrected chi connectivity index (χ2v) is 8.74. The maximum Gasteiger partial charge on any atom is 0.0716 e. The van der Waals surface area contributed by atoms with E-state index in [4.69, 9.17) is 4.98 Å². The first kappa shape index (κ1) is 22.4. The third kappa shape index (κ3) is 4.95. The Hall–Kier alpha value is -4.37. The fraction of sp³-hybridized carbons (Fsp3) is 0.0938. The first-order valence-electron chi connectivity index (χ1n) is 11.9. The molecular formula is C32H29N3. The summed E-state index contributed by atoms with van der Waals surface area (Å²) in [5.74, 6) is 0. The van der Waals surface area contributed by atoms with Crippen LogP contribution in [0.1, 0.15) is 5.56 Å². The van der Waals surface area contributed by atoms with Gasteiger partial charge in [0.25, 0.3) is 0 Å². The molecule has 2 N–H and O–H groups in total. The molecular weight excluding hydrogens is 426 g/mol. The maximum absolute atomic E-state index is 5.09. The van der Waals surface area contributed by atoms with Gasteiger partial charge < -0.3 is 10.6 Å². The van der Waals surface area contributed by atoms with E-state index in [2.05, 4.69) is 127 Å². The smallest absolute Gasteiger partial charge is 0.0716 e. The van der Waals surface area contributed by atoms with E-state index in [0.717, 1.165) is 39.5 Å². The molecule has 5 aromatic rings. The highest BCUT2D eigenvalue weighted by molar-refractivity contribution is 5.80. The highest BCUT2D eigenvalue weighted by Gasteiger charge is 2.11. The van der Waals surface area contributed by atoms with Crippen LogP contribution in [0, 0.1) is 6.92 Å². The van der Waals surface area contributed by atoms with E-state index < -0.39 is 0 Å². The average molecular weight is 456 g/mol. The van der Waals surface area contributed by atoms with Gasteiger partial charge in [0, 0.05) is 36.6 Å². The van der Waals surface area contributed by atoms with E-state index in [1.807, 2.05) is 14.1 Å². The van der Waals surface area contributed by atoms with Gasteiger partial charge in [-0.3, -0.25) is 0 Å². The zero-order valence-corrected chi connectivity index (χ0v) is 20.3. The van der Waals surface area contributed by atoms with Crippen molar-refractivity contribution < 1.29 is 0 Å². The number of benzene rings is 4. The summed E-state index contributed by atoms with van der Waals surface area (Å²) in [6, 6.07) is 38.6. The van der Waals surface area contributed by atoms with Gasteiger partial charge in [0.05, 0.1) is 11.4 Å². The summed E-state index contributed by atoms with van der Waals surface area (Å²) in [4.78, 5) is 5.09. The van der Waals surface area contributed by atoms with Crippen LogP contribution < -0.4 is 10.6 Å². The molecule has 1 aromatic heterocycles. The van der Waals surface area contributed by atoms with Crippen LogP contribution in [0.3, 0.4) is 0 Å². The number of rotatable bonds is 6. The Kier molecular flexibility index (Phi) is 6.32. The van der Waals surface area contributed by atoms with E-state index in [0.29, 0.717) is 0 Å². The predicted molar refractivity (Wildman–Crippen MR) is 150 cm³/mol. The van der Waals surface area contributed by atoms with Crippen LogP contribution in [0.25, 0.3) is 44.8 Å². The Labute approximate surface area is 207 Å². The summed E-state index contributed by atoms with van der Waals surface area (Å²) in [7, 11) is 3.88. The molecule has 0 aliphatic heterocycles. The topological polar surface area (TPSA) is 37.0 Å². The summed E-state index contributed by atoms with van der Waals surface area (Å²) in [5.41, 5.74) is 12.2. The molecule has 3 heteroatoms. The van der Waals surface area contributed by atoms with Crippen molar-refractivity contribution in [3.05, 3.63) is 115 Å². The molecule has 172 valence electrons. The van der Waals surface area contributed by atoms with Crippen LogP contribution in [0.2, 0.25) is 0 Å². The summed E-state index contributed by atoms with van der Waals surface area (Å²) in [6.07, 6.45) is 0. The molecule has 0 fully saturated rings. The average Bonchev–Trinajstić information content (AvgIpc) is 2.93. The third-order valence-corrected chi connectivity index (χ3v) is 6.27. The van der Waals surface area contributed by atoms with Crippen molar-refractivity contribution in [2.75, 3.05) is 24.7 Å². The number of anilines is 2. The fourth-order valence-corrected chi connectivity index (χ4v) is 4.36. The minimum atomic E-state index is 0.949. The first-order chi connectivity index (χ1) is 17.1. The lowest BCUT2D eigenvalue weighted by molar-refractivity contribution is 1.32. The lowest BCUT2D eigenvalue weighted by atomic mass is 9.96. The van der Waals surface area contributed by atoms with Crippen molar-refractivity contribution in [3.8, 4) is 44.8 Å². The molecule has 1 heterocycles. The number of nitrogens with one attached hydrogen (secondary N) is 2. The molecule has 0 atom stereocenters. The molecule has 0 unspecified atom stereocenters. The number of nitrogens with zero attached hydrogens (tertiary/aromatic N) is 1. The van der Waals surface area contributed by atoms with E-state index in [9.17, 15) is 0 Å². The summed E-state index contributed by atoms with van der Waals surface area (Å²) in [6.45, 7) is 2.13. The van der Waals surface area contributed by atoms with E-state index >= 15 is 0 Å². The summed E-state index contributed by atoms with van der Waals surface area (Å²) >= 11 is 0. The second-order valence-electron chi connectivity index (χ2n) is 8.74. The maximum atomic E-state index is 5.09. The molecule has 0 spiro atoms. The standard InChI is InChI=1S/C32H29N3/c1-22-8-4-9-23(16-22)24-10-5-11-25(17-24)28-20-31(26-12-6-14-29(18-26)33-2)35-32(21-28)27-13-7-15-30(19-27)34-3/h4-21,33-34H,1-3H3. The normalized spacial score (nSPS) is 10.7. The van der Waals surface area contributed by atoms with Crippen molar-refractivity contribution in [2.45, 2.75) is 6.92 Å². The molecule has 4 aromatic carbocycles. The summed E-state index contributed by atoms with van der Waals surface area (Å²) < 4.78 is 0. The predicted octanol–water partition coefficient (Wildman–Crippen LogP) is 8.14. The van der Waals surface area contributed by atoms with Crippen LogP contribution in [-0.4, -0.2) is 19.1 Å². The van der Waals surface area contributed by atoms with Crippen molar-refractivity contribution in [2.24, 2.45) is 0 Å². The van der Waals surface area contributed by atoms with Gasteiger partial charge in [-0.25, -0.2) is 4.98 Å². The van der Waals surface area contributed by atoms with Crippen LogP contribution in [0.5, 0.6) is 0 Å². The second kappa shape index (κ2) is 9.86. The number of aromatic nitrogens is 1. The van der Waals surface area contributed by atoms with Crippen LogP contribution in [0.15, 0.2) is 109 Å². The number of aryl methyl sites for hydroxylation is 1. The van der Waals surface area contributed by atoms with Gasteiger partial charge in [0.1, 0.15) is 0 Å². The molecule has 0 aliphatic carbocycles. The molecule has 3 nitrogen and oxygen atoms in total. The Bertz CT molecular complexity index is 1420. The summed E-state index contributed by atoms with van der Waals surface area (Å²) in [5, 5.41) is 6.48. The fourth-order valence-electron chi connectivity index (χ4n) is 4.36. The van der Waals surface area contributed by atoms with Gasteiger partial charge in [0.2, 0.25) is 0 Å². The zero-order valence-electron chi connectivity index (χ0n) is 20.3. The minimum Gasteiger partial charge on any atom is -0.388 e. The molecule has 0 saturated carbocycles. The van der Waals surface area contributed by atoms with Crippen molar-refractivity contribution in [1.82, 2.24) is 4.98 Å². The SMILES string of the molecule is CNc1cccc(-c2cc(-c3cccc(-c4cccc(C)c4)c3)cc(-c3cccc(NC)c3)n2)c1. The van der Waals surface area contributed by atoms with E-state index in [1.165, 1.54) is 22.3 Å². The highest BCUT2D eigenvalue weighted by atomic mass is 14.8. The number of hydrogen-bond acceptors (Lipinski definition) is 3. The Morgan fingerprint density at radius 3 is 1.46 bits per heavy atom. The quantitative estimate of drug-likeness (QED) is 0.271. The molecule has 0 amide bonds. The molecule has 0 radical (unpaired) electrons. The lowest BCUT2D eigenvalue weighted by Gasteiger charge is -2.13. The van der Waals surface area contributed by atoms with Gasteiger partial charge >= 0.3 is 0 Å². The van der Waals surface area contributed by atoms with Gasteiger partial charge in [-0.05, 0) is 71.6 Å². The lowest BCUT2D eigenvalue weighted by Crippen LogP contribution is -1.94. The number of pyridine rings is 1. The third-order valence-electron chi connectivity index (χ3n) is 6.27. The van der Waals surface area contributed by atoms with Crippen LogP contribution in [0.4, 0.5) is 11.4 Å².